The Balaban J connectivity index is 2.30. The Morgan fingerprint density at radius 2 is 1.80 bits per heavy atom. The summed E-state index contributed by atoms with van der Waals surface area (Å²) < 4.78 is 5.05. The van der Waals surface area contributed by atoms with Crippen LogP contribution < -0.4 is 21.1 Å². The van der Waals surface area contributed by atoms with Crippen LogP contribution in [0.4, 0.5) is 0 Å². The van der Waals surface area contributed by atoms with Crippen molar-refractivity contribution < 1.29 is 14.3 Å². The molecular formula is C13H17N3O3S. The number of hydrogen-bond acceptors (Lipinski definition) is 4. The first kappa shape index (κ1) is 15.9. The molecule has 6 nitrogen and oxygen atoms in total. The molecule has 1 aromatic carbocycles. The summed E-state index contributed by atoms with van der Waals surface area (Å²) in [5, 5.41) is 4.83. The number of rotatable bonds is 6. The number of nitrogens with two attached hydrogens (primary N) is 1. The number of hydrogen-bond donors (Lipinski definition) is 3. The lowest BCUT2D eigenvalue weighted by atomic mass is 10.1. The molecule has 0 saturated carbocycles. The van der Waals surface area contributed by atoms with Crippen molar-refractivity contribution in [3.05, 3.63) is 29.8 Å². The molecule has 0 aliphatic rings. The van der Waals surface area contributed by atoms with E-state index in [2.05, 4.69) is 22.9 Å². The van der Waals surface area contributed by atoms with Gasteiger partial charge in [0.25, 0.3) is 0 Å². The molecule has 0 radical (unpaired) electrons. The van der Waals surface area contributed by atoms with Gasteiger partial charge in [0.05, 0.1) is 18.6 Å². The van der Waals surface area contributed by atoms with E-state index in [0.717, 1.165) is 11.3 Å². The van der Waals surface area contributed by atoms with Crippen molar-refractivity contribution >= 4 is 29.0 Å². The van der Waals surface area contributed by atoms with Gasteiger partial charge in [0.15, 0.2) is 0 Å². The van der Waals surface area contributed by atoms with E-state index in [-0.39, 0.29) is 11.5 Å². The summed E-state index contributed by atoms with van der Waals surface area (Å²) in [5.41, 5.74) is 6.25. The molecule has 0 saturated heterocycles. The van der Waals surface area contributed by atoms with Crippen molar-refractivity contribution in [3.63, 3.8) is 0 Å². The summed E-state index contributed by atoms with van der Waals surface area (Å²) >= 11 is 4.59. The van der Waals surface area contributed by atoms with Crippen molar-refractivity contribution in [2.45, 2.75) is 6.42 Å². The number of benzene rings is 1. The fourth-order valence-electron chi connectivity index (χ4n) is 1.44. The summed E-state index contributed by atoms with van der Waals surface area (Å²) in [6.45, 7) is 0.381. The summed E-state index contributed by atoms with van der Waals surface area (Å²) in [4.78, 5) is 22.9. The fraction of sp³-hybridized carbons (Fsp3) is 0.308. The zero-order valence-corrected chi connectivity index (χ0v) is 12.0. The lowest BCUT2D eigenvalue weighted by Crippen LogP contribution is -2.43. The monoisotopic (exact) mass is 295 g/mol. The topological polar surface area (TPSA) is 93.4 Å². The Hall–Kier alpha value is -2.15. The van der Waals surface area contributed by atoms with Crippen LogP contribution in [0.25, 0.3) is 0 Å². The predicted molar refractivity (Wildman–Crippen MR) is 79.5 cm³/mol. The molecule has 20 heavy (non-hydrogen) atoms. The average molecular weight is 295 g/mol. The lowest BCUT2D eigenvalue weighted by molar-refractivity contribution is -0.139. The van der Waals surface area contributed by atoms with Gasteiger partial charge in [0.1, 0.15) is 5.75 Å². The van der Waals surface area contributed by atoms with Crippen LogP contribution in [0, 0.1) is 0 Å². The third kappa shape index (κ3) is 5.66. The lowest BCUT2D eigenvalue weighted by Gasteiger charge is -2.06. The molecule has 0 unspecified atom stereocenters. The van der Waals surface area contributed by atoms with Crippen LogP contribution in [0.5, 0.6) is 5.75 Å². The molecule has 0 atom stereocenters. The van der Waals surface area contributed by atoms with Crippen molar-refractivity contribution in [3.8, 4) is 5.75 Å². The molecule has 108 valence electrons. The van der Waals surface area contributed by atoms with Crippen LogP contribution in [0.15, 0.2) is 24.3 Å². The van der Waals surface area contributed by atoms with Gasteiger partial charge in [0, 0.05) is 6.54 Å². The molecule has 0 fully saturated rings. The van der Waals surface area contributed by atoms with E-state index in [1.54, 1.807) is 7.11 Å². The van der Waals surface area contributed by atoms with Crippen LogP contribution in [-0.2, 0) is 16.0 Å². The van der Waals surface area contributed by atoms with Crippen LogP contribution in [0.2, 0.25) is 0 Å². The highest BCUT2D eigenvalue weighted by atomic mass is 32.1. The normalized spacial score (nSPS) is 9.65. The maximum Gasteiger partial charge on any atom is 0.309 e. The minimum absolute atomic E-state index is 0.0140. The van der Waals surface area contributed by atoms with Crippen molar-refractivity contribution in [1.82, 2.24) is 10.6 Å². The summed E-state index contributed by atoms with van der Waals surface area (Å²) in [5.74, 6) is -0.669. The first-order valence-electron chi connectivity index (χ1n) is 6.00. The van der Waals surface area contributed by atoms with Crippen LogP contribution in [-0.4, -0.2) is 37.0 Å². The number of carbonyl (C=O) groups excluding carboxylic acids is 2. The molecule has 0 aliphatic carbocycles. The molecule has 0 aliphatic heterocycles. The highest BCUT2D eigenvalue weighted by Crippen LogP contribution is 2.11. The largest absolute Gasteiger partial charge is 0.497 e. The number of carbonyl (C=O) groups is 2. The van der Waals surface area contributed by atoms with E-state index in [1.165, 1.54) is 0 Å². The molecule has 0 bridgehead atoms. The Kier molecular flexibility index (Phi) is 6.45. The van der Waals surface area contributed by atoms with Gasteiger partial charge in [-0.2, -0.15) is 0 Å². The van der Waals surface area contributed by atoms with Crippen molar-refractivity contribution in [2.75, 3.05) is 20.2 Å². The second kappa shape index (κ2) is 8.11. The minimum Gasteiger partial charge on any atom is -0.497 e. The van der Waals surface area contributed by atoms with Crippen LogP contribution in [0.3, 0.4) is 0 Å². The maximum atomic E-state index is 11.4. The van der Waals surface area contributed by atoms with Gasteiger partial charge in [-0.05, 0) is 24.1 Å². The molecule has 2 amide bonds. The zero-order valence-electron chi connectivity index (χ0n) is 11.1. The number of nitrogens with one attached hydrogen (secondary N) is 2. The summed E-state index contributed by atoms with van der Waals surface area (Å²) in [7, 11) is 1.60. The third-order valence-corrected chi connectivity index (χ3v) is 2.63. The third-order valence-electron chi connectivity index (χ3n) is 2.49. The summed E-state index contributed by atoms with van der Waals surface area (Å²) in [6, 6.07) is 7.48. The predicted octanol–water partition coefficient (Wildman–Crippen LogP) is -0.244. The zero-order chi connectivity index (χ0) is 15.0. The van der Waals surface area contributed by atoms with Crippen molar-refractivity contribution in [1.29, 1.82) is 0 Å². The molecule has 0 spiro atoms. The molecular weight excluding hydrogens is 278 g/mol. The maximum absolute atomic E-state index is 11.4. The van der Waals surface area contributed by atoms with Gasteiger partial charge < -0.3 is 21.1 Å². The van der Waals surface area contributed by atoms with Gasteiger partial charge in [-0.1, -0.05) is 24.4 Å². The van der Waals surface area contributed by atoms with E-state index in [0.29, 0.717) is 13.0 Å². The van der Waals surface area contributed by atoms with Crippen molar-refractivity contribution in [2.24, 2.45) is 5.73 Å². The van der Waals surface area contributed by atoms with E-state index in [1.807, 2.05) is 24.3 Å². The number of methoxy groups -OCH3 is 1. The molecule has 1 aromatic rings. The molecule has 4 N–H and O–H groups in total. The van der Waals surface area contributed by atoms with Gasteiger partial charge in [-0.3, -0.25) is 9.59 Å². The highest BCUT2D eigenvalue weighted by molar-refractivity contribution is 7.80. The van der Waals surface area contributed by atoms with E-state index in [4.69, 9.17) is 10.5 Å². The van der Waals surface area contributed by atoms with E-state index in [9.17, 15) is 9.59 Å². The van der Waals surface area contributed by atoms with Gasteiger partial charge in [-0.25, -0.2) is 0 Å². The Bertz CT molecular complexity index is 488. The van der Waals surface area contributed by atoms with Crippen LogP contribution >= 0.6 is 12.2 Å². The van der Waals surface area contributed by atoms with Gasteiger partial charge >= 0.3 is 11.8 Å². The van der Waals surface area contributed by atoms with Gasteiger partial charge in [0.2, 0.25) is 0 Å². The Labute approximate surface area is 122 Å². The van der Waals surface area contributed by atoms with Gasteiger partial charge in [-0.15, -0.1) is 0 Å². The Morgan fingerprint density at radius 3 is 2.35 bits per heavy atom. The Morgan fingerprint density at radius 1 is 1.20 bits per heavy atom. The number of thiocarbonyl (C=S) groups is 1. The fourth-order valence-corrected chi connectivity index (χ4v) is 1.51. The van der Waals surface area contributed by atoms with Crippen LogP contribution in [0.1, 0.15) is 5.56 Å². The molecule has 0 heterocycles. The average Bonchev–Trinajstić information content (AvgIpc) is 2.45. The smallest absolute Gasteiger partial charge is 0.309 e. The second-order valence-electron chi connectivity index (χ2n) is 4.00. The second-order valence-corrected chi connectivity index (χ2v) is 4.53. The number of amides is 2. The molecule has 7 heteroatoms. The number of ether oxygens (including phenoxy) is 1. The first-order chi connectivity index (χ1) is 9.52. The SMILES string of the molecule is COc1ccc(CCNC(=O)C(=O)NCC(N)=S)cc1. The highest BCUT2D eigenvalue weighted by Gasteiger charge is 2.12. The molecule has 1 rings (SSSR count). The minimum atomic E-state index is -0.743. The quantitative estimate of drug-likeness (QED) is 0.497. The van der Waals surface area contributed by atoms with E-state index < -0.39 is 11.8 Å². The molecule has 0 aromatic heterocycles. The first-order valence-corrected chi connectivity index (χ1v) is 6.41. The summed E-state index contributed by atoms with van der Waals surface area (Å²) in [6.07, 6.45) is 0.623. The standard InChI is InChI=1S/C13H17N3O3S/c1-19-10-4-2-9(3-5-10)6-7-15-12(17)13(18)16-8-11(14)20/h2-5H,6-8H2,1H3,(H2,14,20)(H,15,17)(H,16,18). The van der Waals surface area contributed by atoms with E-state index >= 15 is 0 Å².